The summed E-state index contributed by atoms with van der Waals surface area (Å²) in [5, 5.41) is 5.86. The normalized spacial score (nSPS) is 20.0. The van der Waals surface area contributed by atoms with Gasteiger partial charge in [0.25, 0.3) is 0 Å². The highest BCUT2D eigenvalue weighted by Crippen LogP contribution is 2.18. The Balaban J connectivity index is 2.10. The molecule has 0 spiro atoms. The second-order valence-electron chi connectivity index (χ2n) is 3.79. The van der Waals surface area contributed by atoms with E-state index in [1.54, 1.807) is 17.0 Å². The summed E-state index contributed by atoms with van der Waals surface area (Å²) >= 11 is 0. The summed E-state index contributed by atoms with van der Waals surface area (Å²) in [6, 6.07) is 5.89. The Morgan fingerprint density at radius 3 is 2.81 bits per heavy atom. The van der Waals surface area contributed by atoms with Crippen molar-refractivity contribution >= 4 is 11.7 Å². The number of urea groups is 1. The van der Waals surface area contributed by atoms with Gasteiger partial charge >= 0.3 is 6.03 Å². The average Bonchev–Trinajstić information content (AvgIpc) is 2.61. The summed E-state index contributed by atoms with van der Waals surface area (Å²) in [5.41, 5.74) is 0.720. The first kappa shape index (κ1) is 10.9. The van der Waals surface area contributed by atoms with Crippen LogP contribution in [0.1, 0.15) is 0 Å². The molecule has 0 radical (unpaired) electrons. The molecule has 1 aromatic carbocycles. The SMILES string of the molecule is CNCC1CN(c2ccc(F)cc2)C(=O)N1. The van der Waals surface area contributed by atoms with E-state index < -0.39 is 0 Å². The molecule has 0 saturated carbocycles. The molecular weight excluding hydrogens is 209 g/mol. The van der Waals surface area contributed by atoms with Gasteiger partial charge in [-0.15, -0.1) is 0 Å². The fraction of sp³-hybridized carbons (Fsp3) is 0.364. The maximum Gasteiger partial charge on any atom is 0.322 e. The molecule has 1 atom stereocenters. The minimum atomic E-state index is -0.296. The van der Waals surface area contributed by atoms with E-state index in [1.165, 1.54) is 12.1 Å². The van der Waals surface area contributed by atoms with Crippen LogP contribution in [0.4, 0.5) is 14.9 Å². The van der Waals surface area contributed by atoms with Crippen molar-refractivity contribution < 1.29 is 9.18 Å². The van der Waals surface area contributed by atoms with Gasteiger partial charge in [-0.25, -0.2) is 9.18 Å². The van der Waals surface area contributed by atoms with Crippen LogP contribution < -0.4 is 15.5 Å². The fourth-order valence-electron chi connectivity index (χ4n) is 1.81. The van der Waals surface area contributed by atoms with E-state index in [2.05, 4.69) is 10.6 Å². The summed E-state index contributed by atoms with van der Waals surface area (Å²) < 4.78 is 12.7. The predicted molar refractivity (Wildman–Crippen MR) is 60.0 cm³/mol. The molecule has 2 rings (SSSR count). The molecule has 1 unspecified atom stereocenters. The zero-order chi connectivity index (χ0) is 11.5. The number of hydrogen-bond donors (Lipinski definition) is 2. The van der Waals surface area contributed by atoms with Gasteiger partial charge in [-0.2, -0.15) is 0 Å². The lowest BCUT2D eigenvalue weighted by Crippen LogP contribution is -2.35. The van der Waals surface area contributed by atoms with E-state index in [4.69, 9.17) is 0 Å². The van der Waals surface area contributed by atoms with Gasteiger partial charge in [0.15, 0.2) is 0 Å². The first-order valence-electron chi connectivity index (χ1n) is 5.19. The molecule has 1 saturated heterocycles. The van der Waals surface area contributed by atoms with Crippen molar-refractivity contribution in [1.82, 2.24) is 10.6 Å². The van der Waals surface area contributed by atoms with E-state index in [-0.39, 0.29) is 17.9 Å². The Morgan fingerprint density at radius 2 is 2.19 bits per heavy atom. The third-order valence-corrected chi connectivity index (χ3v) is 2.56. The van der Waals surface area contributed by atoms with E-state index >= 15 is 0 Å². The minimum absolute atomic E-state index is 0.0996. The Morgan fingerprint density at radius 1 is 1.50 bits per heavy atom. The molecule has 4 nitrogen and oxygen atoms in total. The summed E-state index contributed by atoms with van der Waals surface area (Å²) in [6.45, 7) is 1.33. The zero-order valence-corrected chi connectivity index (χ0v) is 9.03. The van der Waals surface area contributed by atoms with Crippen LogP contribution in [-0.2, 0) is 0 Å². The number of rotatable bonds is 3. The smallest absolute Gasteiger partial charge is 0.322 e. The van der Waals surface area contributed by atoms with E-state index in [1.807, 2.05) is 7.05 Å². The number of halogens is 1. The van der Waals surface area contributed by atoms with Crippen molar-refractivity contribution in [1.29, 1.82) is 0 Å². The molecule has 1 aliphatic rings. The van der Waals surface area contributed by atoms with Crippen LogP contribution in [0.15, 0.2) is 24.3 Å². The van der Waals surface area contributed by atoms with E-state index in [9.17, 15) is 9.18 Å². The van der Waals surface area contributed by atoms with Gasteiger partial charge in [-0.3, -0.25) is 4.90 Å². The molecular formula is C11H14FN3O. The first-order chi connectivity index (χ1) is 7.70. The molecule has 0 aromatic heterocycles. The Bertz CT molecular complexity index is 379. The number of hydrogen-bond acceptors (Lipinski definition) is 2. The third-order valence-electron chi connectivity index (χ3n) is 2.56. The van der Waals surface area contributed by atoms with Crippen LogP contribution in [0.5, 0.6) is 0 Å². The molecule has 86 valence electrons. The number of benzene rings is 1. The molecule has 16 heavy (non-hydrogen) atoms. The number of anilines is 1. The molecule has 2 N–H and O–H groups in total. The van der Waals surface area contributed by atoms with Crippen LogP contribution >= 0.6 is 0 Å². The lowest BCUT2D eigenvalue weighted by molar-refractivity contribution is 0.251. The quantitative estimate of drug-likeness (QED) is 0.801. The van der Waals surface area contributed by atoms with Gasteiger partial charge in [0.2, 0.25) is 0 Å². The number of nitrogens with zero attached hydrogens (tertiary/aromatic N) is 1. The Labute approximate surface area is 93.4 Å². The Hall–Kier alpha value is -1.62. The highest BCUT2D eigenvalue weighted by molar-refractivity contribution is 5.94. The average molecular weight is 223 g/mol. The summed E-state index contributed by atoms with van der Waals surface area (Å²) in [6.07, 6.45) is 0. The lowest BCUT2D eigenvalue weighted by Gasteiger charge is -2.14. The third kappa shape index (κ3) is 2.14. The van der Waals surface area contributed by atoms with Gasteiger partial charge in [0.05, 0.1) is 6.04 Å². The van der Waals surface area contributed by atoms with Crippen LogP contribution in [0.2, 0.25) is 0 Å². The van der Waals surface area contributed by atoms with Crippen LogP contribution in [0.3, 0.4) is 0 Å². The van der Waals surface area contributed by atoms with Crippen molar-refractivity contribution in [3.05, 3.63) is 30.1 Å². The summed E-state index contributed by atoms with van der Waals surface area (Å²) in [7, 11) is 1.84. The van der Waals surface area contributed by atoms with Crippen LogP contribution in [0, 0.1) is 5.82 Å². The van der Waals surface area contributed by atoms with Crippen molar-refractivity contribution in [3.63, 3.8) is 0 Å². The molecule has 1 aromatic rings. The summed E-state index contributed by atoms with van der Waals surface area (Å²) in [4.78, 5) is 13.3. The molecule has 1 fully saturated rings. The number of carbonyl (C=O) groups is 1. The number of amides is 2. The van der Waals surface area contributed by atoms with Gasteiger partial charge in [0, 0.05) is 18.8 Å². The van der Waals surface area contributed by atoms with Gasteiger partial charge in [-0.05, 0) is 31.3 Å². The maximum atomic E-state index is 12.7. The highest BCUT2D eigenvalue weighted by Gasteiger charge is 2.28. The van der Waals surface area contributed by atoms with Crippen molar-refractivity contribution in [3.8, 4) is 0 Å². The van der Waals surface area contributed by atoms with Gasteiger partial charge in [-0.1, -0.05) is 0 Å². The second kappa shape index (κ2) is 4.49. The number of carbonyl (C=O) groups excluding carboxylic acids is 1. The zero-order valence-electron chi connectivity index (χ0n) is 9.03. The minimum Gasteiger partial charge on any atom is -0.332 e. The molecule has 0 aliphatic carbocycles. The standard InChI is InChI=1S/C11H14FN3O/c1-13-6-9-7-15(11(16)14-9)10-4-2-8(12)3-5-10/h2-5,9,13H,6-7H2,1H3,(H,14,16). The topological polar surface area (TPSA) is 44.4 Å². The lowest BCUT2D eigenvalue weighted by atomic mass is 10.2. The second-order valence-corrected chi connectivity index (χ2v) is 3.79. The number of nitrogens with one attached hydrogen (secondary N) is 2. The summed E-state index contributed by atoms with van der Waals surface area (Å²) in [5.74, 6) is -0.296. The molecule has 1 heterocycles. The first-order valence-corrected chi connectivity index (χ1v) is 5.19. The van der Waals surface area contributed by atoms with E-state index in [0.717, 1.165) is 12.2 Å². The molecule has 5 heteroatoms. The number of likely N-dealkylation sites (N-methyl/N-ethyl adjacent to an activating group) is 1. The van der Waals surface area contributed by atoms with Crippen LogP contribution in [0.25, 0.3) is 0 Å². The monoisotopic (exact) mass is 223 g/mol. The predicted octanol–water partition coefficient (Wildman–Crippen LogP) is 0.943. The van der Waals surface area contributed by atoms with E-state index in [0.29, 0.717) is 6.54 Å². The molecule has 0 bridgehead atoms. The molecule has 2 amide bonds. The van der Waals surface area contributed by atoms with Crippen LogP contribution in [-0.4, -0.2) is 32.2 Å². The highest BCUT2D eigenvalue weighted by atomic mass is 19.1. The molecule has 1 aliphatic heterocycles. The van der Waals surface area contributed by atoms with Crippen molar-refractivity contribution in [2.45, 2.75) is 6.04 Å². The maximum absolute atomic E-state index is 12.7. The van der Waals surface area contributed by atoms with Gasteiger partial charge < -0.3 is 10.6 Å². The fourth-order valence-corrected chi connectivity index (χ4v) is 1.81. The van der Waals surface area contributed by atoms with Gasteiger partial charge in [0.1, 0.15) is 5.82 Å². The Kier molecular flexibility index (Phi) is 3.05. The van der Waals surface area contributed by atoms with Crippen molar-refractivity contribution in [2.24, 2.45) is 0 Å². The van der Waals surface area contributed by atoms with Crippen molar-refractivity contribution in [2.75, 3.05) is 25.0 Å². The largest absolute Gasteiger partial charge is 0.332 e.